The van der Waals surface area contributed by atoms with Crippen LogP contribution in [-0.2, 0) is 27.2 Å². The quantitative estimate of drug-likeness (QED) is 0.489. The van der Waals surface area contributed by atoms with Crippen molar-refractivity contribution in [2.75, 3.05) is 6.61 Å². The van der Waals surface area contributed by atoms with Crippen molar-refractivity contribution in [3.63, 3.8) is 0 Å². The lowest BCUT2D eigenvalue weighted by atomic mass is 10.0. The molecule has 0 aliphatic heterocycles. The lowest BCUT2D eigenvalue weighted by Gasteiger charge is -2.07. The van der Waals surface area contributed by atoms with Crippen LogP contribution in [0, 0.1) is 10.1 Å². The maximum atomic E-state index is 11.4. The second-order valence-electron chi connectivity index (χ2n) is 3.88. The first kappa shape index (κ1) is 15.9. The van der Waals surface area contributed by atoms with Crippen LogP contribution in [0.4, 0.5) is 5.69 Å². The van der Waals surface area contributed by atoms with Crippen molar-refractivity contribution in [2.24, 2.45) is 0 Å². The number of aliphatic carboxylic acids is 1. The molecule has 1 rings (SSSR count). The second kappa shape index (κ2) is 6.85. The maximum absolute atomic E-state index is 11.4. The van der Waals surface area contributed by atoms with Gasteiger partial charge in [0, 0.05) is 11.6 Å². The van der Waals surface area contributed by atoms with Gasteiger partial charge in [-0.3, -0.25) is 19.7 Å². The van der Waals surface area contributed by atoms with Gasteiger partial charge in [0.1, 0.15) is 0 Å². The molecule has 0 bridgehead atoms. The third-order valence-electron chi connectivity index (χ3n) is 2.43. The number of halogens is 1. The van der Waals surface area contributed by atoms with E-state index in [0.717, 1.165) is 6.07 Å². The van der Waals surface area contributed by atoms with Crippen molar-refractivity contribution >= 4 is 29.2 Å². The van der Waals surface area contributed by atoms with Crippen LogP contribution in [0.15, 0.2) is 12.1 Å². The number of esters is 1. The molecule has 0 fully saturated rings. The lowest BCUT2D eigenvalue weighted by Crippen LogP contribution is -2.10. The summed E-state index contributed by atoms with van der Waals surface area (Å²) >= 11 is 5.80. The van der Waals surface area contributed by atoms with E-state index in [4.69, 9.17) is 21.4 Å². The van der Waals surface area contributed by atoms with Gasteiger partial charge in [-0.25, -0.2) is 0 Å². The van der Waals surface area contributed by atoms with E-state index in [2.05, 4.69) is 0 Å². The molecule has 1 N–H and O–H groups in total. The standard InChI is InChI=1S/C12H12ClNO6/c1-2-20-12(17)5-8-3-7(4-11(15)16)9(13)6-10(8)14(18)19/h3,6H,2,4-5H2,1H3,(H,15,16). The van der Waals surface area contributed by atoms with E-state index in [-0.39, 0.29) is 41.3 Å². The molecule has 0 spiro atoms. The molecule has 0 heterocycles. The number of rotatable bonds is 6. The summed E-state index contributed by atoms with van der Waals surface area (Å²) in [6, 6.07) is 2.31. The zero-order chi connectivity index (χ0) is 15.3. The number of carbonyl (C=O) groups excluding carboxylic acids is 1. The van der Waals surface area contributed by atoms with Gasteiger partial charge in [-0.1, -0.05) is 11.6 Å². The van der Waals surface area contributed by atoms with Crippen LogP contribution in [0.1, 0.15) is 18.1 Å². The number of ether oxygens (including phenoxy) is 1. The van der Waals surface area contributed by atoms with Crippen molar-refractivity contribution in [2.45, 2.75) is 19.8 Å². The number of hydrogen-bond acceptors (Lipinski definition) is 5. The van der Waals surface area contributed by atoms with Gasteiger partial charge < -0.3 is 9.84 Å². The molecule has 7 nitrogen and oxygen atoms in total. The molecular weight excluding hydrogens is 290 g/mol. The zero-order valence-corrected chi connectivity index (χ0v) is 11.3. The molecule has 20 heavy (non-hydrogen) atoms. The number of carbonyl (C=O) groups is 2. The normalized spacial score (nSPS) is 10.1. The molecule has 8 heteroatoms. The molecule has 0 aliphatic carbocycles. The van der Waals surface area contributed by atoms with Crippen LogP contribution in [0.3, 0.4) is 0 Å². The minimum atomic E-state index is -1.12. The largest absolute Gasteiger partial charge is 0.481 e. The molecule has 0 saturated carbocycles. The predicted molar refractivity (Wildman–Crippen MR) is 69.8 cm³/mol. The highest BCUT2D eigenvalue weighted by molar-refractivity contribution is 6.31. The fourth-order valence-corrected chi connectivity index (χ4v) is 1.86. The molecule has 0 atom stereocenters. The summed E-state index contributed by atoms with van der Waals surface area (Å²) in [5, 5.41) is 19.6. The number of carboxylic acid groups (broad SMARTS) is 1. The molecule has 1 aromatic rings. The molecule has 108 valence electrons. The average molecular weight is 302 g/mol. The van der Waals surface area contributed by atoms with Crippen molar-refractivity contribution in [1.29, 1.82) is 0 Å². The topological polar surface area (TPSA) is 107 Å². The summed E-state index contributed by atoms with van der Waals surface area (Å²) < 4.78 is 4.72. The van der Waals surface area contributed by atoms with Crippen LogP contribution in [0.2, 0.25) is 5.02 Å². The highest BCUT2D eigenvalue weighted by Crippen LogP contribution is 2.28. The highest BCUT2D eigenvalue weighted by Gasteiger charge is 2.21. The molecular formula is C12H12ClNO6. The number of nitro groups is 1. The van der Waals surface area contributed by atoms with Crippen molar-refractivity contribution in [3.05, 3.63) is 38.4 Å². The Balaban J connectivity index is 3.19. The molecule has 0 aliphatic rings. The van der Waals surface area contributed by atoms with E-state index in [0.29, 0.717) is 0 Å². The fourth-order valence-electron chi connectivity index (χ4n) is 1.64. The summed E-state index contributed by atoms with van der Waals surface area (Å²) in [5.41, 5.74) is -0.0460. The monoisotopic (exact) mass is 301 g/mol. The van der Waals surface area contributed by atoms with Crippen LogP contribution in [0.25, 0.3) is 0 Å². The van der Waals surface area contributed by atoms with Gasteiger partial charge in [-0.05, 0) is 18.6 Å². The number of hydrogen-bond donors (Lipinski definition) is 1. The smallest absolute Gasteiger partial charge is 0.310 e. The van der Waals surface area contributed by atoms with Crippen LogP contribution in [-0.4, -0.2) is 28.6 Å². The fraction of sp³-hybridized carbons (Fsp3) is 0.333. The number of carboxylic acids is 1. The summed E-state index contributed by atoms with van der Waals surface area (Å²) in [6.07, 6.45) is -0.694. The van der Waals surface area contributed by atoms with Crippen molar-refractivity contribution < 1.29 is 24.4 Å². The van der Waals surface area contributed by atoms with Crippen molar-refractivity contribution in [1.82, 2.24) is 0 Å². The predicted octanol–water partition coefficient (Wildman–Crippen LogP) is 1.98. The van der Waals surface area contributed by atoms with E-state index in [1.807, 2.05) is 0 Å². The van der Waals surface area contributed by atoms with Gasteiger partial charge in [0.15, 0.2) is 0 Å². The van der Waals surface area contributed by atoms with Gasteiger partial charge in [0.25, 0.3) is 5.69 Å². The van der Waals surface area contributed by atoms with E-state index in [1.165, 1.54) is 6.07 Å². The highest BCUT2D eigenvalue weighted by atomic mass is 35.5. The van der Waals surface area contributed by atoms with E-state index < -0.39 is 16.9 Å². The summed E-state index contributed by atoms with van der Waals surface area (Å²) in [5.74, 6) is -1.75. The Bertz CT molecular complexity index is 557. The molecule has 0 radical (unpaired) electrons. The van der Waals surface area contributed by atoms with Gasteiger partial charge in [-0.2, -0.15) is 0 Å². The lowest BCUT2D eigenvalue weighted by molar-refractivity contribution is -0.385. The molecule has 0 saturated heterocycles. The summed E-state index contributed by atoms with van der Waals surface area (Å²) in [7, 11) is 0. The molecule has 1 aromatic carbocycles. The van der Waals surface area contributed by atoms with Crippen LogP contribution >= 0.6 is 11.6 Å². The van der Waals surface area contributed by atoms with Crippen LogP contribution < -0.4 is 0 Å². The number of nitrogens with zero attached hydrogens (tertiary/aromatic N) is 1. The van der Waals surface area contributed by atoms with Gasteiger partial charge in [0.2, 0.25) is 0 Å². The van der Waals surface area contributed by atoms with E-state index in [9.17, 15) is 19.7 Å². The van der Waals surface area contributed by atoms with Crippen LogP contribution in [0.5, 0.6) is 0 Å². The number of benzene rings is 1. The first-order chi connectivity index (χ1) is 9.35. The Morgan fingerprint density at radius 1 is 1.35 bits per heavy atom. The number of nitro benzene ring substituents is 1. The third kappa shape index (κ3) is 4.20. The average Bonchev–Trinajstić information content (AvgIpc) is 2.32. The summed E-state index contributed by atoms with van der Waals surface area (Å²) in [4.78, 5) is 32.4. The third-order valence-corrected chi connectivity index (χ3v) is 2.78. The first-order valence-electron chi connectivity index (χ1n) is 5.68. The second-order valence-corrected chi connectivity index (χ2v) is 4.29. The Morgan fingerprint density at radius 2 is 2.00 bits per heavy atom. The van der Waals surface area contributed by atoms with E-state index in [1.54, 1.807) is 6.92 Å². The maximum Gasteiger partial charge on any atom is 0.310 e. The minimum Gasteiger partial charge on any atom is -0.481 e. The minimum absolute atomic E-state index is 0.0216. The molecule has 0 aromatic heterocycles. The Labute approximate surface area is 119 Å². The van der Waals surface area contributed by atoms with Gasteiger partial charge >= 0.3 is 11.9 Å². The Hall–Kier alpha value is -2.15. The van der Waals surface area contributed by atoms with Crippen molar-refractivity contribution in [3.8, 4) is 0 Å². The van der Waals surface area contributed by atoms with Gasteiger partial charge in [0.05, 0.1) is 29.4 Å². The molecule has 0 unspecified atom stereocenters. The first-order valence-corrected chi connectivity index (χ1v) is 6.06. The zero-order valence-electron chi connectivity index (χ0n) is 10.6. The summed E-state index contributed by atoms with van der Waals surface area (Å²) in [6.45, 7) is 1.77. The SMILES string of the molecule is CCOC(=O)Cc1cc(CC(=O)O)c(Cl)cc1[N+](=O)[O-]. The Morgan fingerprint density at radius 3 is 2.50 bits per heavy atom. The molecule has 0 amide bonds. The van der Waals surface area contributed by atoms with E-state index >= 15 is 0 Å². The van der Waals surface area contributed by atoms with Gasteiger partial charge in [-0.15, -0.1) is 0 Å². The Kier molecular flexibility index (Phi) is 5.45.